The summed E-state index contributed by atoms with van der Waals surface area (Å²) in [4.78, 5) is 31.4. The van der Waals surface area contributed by atoms with Crippen molar-refractivity contribution in [2.75, 3.05) is 36.4 Å². The normalized spacial score (nSPS) is 17.0. The molecule has 1 N–H and O–H groups in total. The zero-order valence-corrected chi connectivity index (χ0v) is 19.4. The monoisotopic (exact) mass is 475 g/mol. The highest BCUT2D eigenvalue weighted by atomic mass is 35.5. The summed E-state index contributed by atoms with van der Waals surface area (Å²) in [6.07, 6.45) is 1.88. The molecule has 5 nitrogen and oxygen atoms in total. The molecule has 0 bridgehead atoms. The molecule has 1 fully saturated rings. The van der Waals surface area contributed by atoms with Crippen LogP contribution in [-0.2, 0) is 4.79 Å². The van der Waals surface area contributed by atoms with Gasteiger partial charge in [-0.05, 0) is 48.0 Å². The summed E-state index contributed by atoms with van der Waals surface area (Å²) in [5, 5.41) is 3.65. The van der Waals surface area contributed by atoms with Crippen LogP contribution in [0.5, 0.6) is 0 Å². The Labute approximate surface area is 202 Å². The highest BCUT2D eigenvalue weighted by Crippen LogP contribution is 2.39. The molecule has 0 aromatic heterocycles. The number of nitrogens with zero attached hydrogens (tertiary/aromatic N) is 2. The number of thioether (sulfide) groups is 1. The number of piperazine rings is 1. The summed E-state index contributed by atoms with van der Waals surface area (Å²) in [6.45, 7) is 2.76. The van der Waals surface area contributed by atoms with E-state index in [1.54, 1.807) is 6.07 Å². The van der Waals surface area contributed by atoms with Gasteiger partial charge in [-0.2, -0.15) is 0 Å². The largest absolute Gasteiger partial charge is 0.368 e. The third-order valence-corrected chi connectivity index (χ3v) is 7.09. The second-order valence-electron chi connectivity index (χ2n) is 7.95. The maximum Gasteiger partial charge on any atom is 0.262 e. The second kappa shape index (κ2) is 9.33. The van der Waals surface area contributed by atoms with Crippen molar-refractivity contribution >= 4 is 52.6 Å². The fraction of sp³-hybridized carbons (Fsp3) is 0.154. The Hall–Kier alpha value is -3.22. The van der Waals surface area contributed by atoms with E-state index in [1.807, 2.05) is 77.7 Å². The first-order chi connectivity index (χ1) is 16.1. The van der Waals surface area contributed by atoms with Crippen LogP contribution in [0.25, 0.3) is 6.08 Å². The quantitative estimate of drug-likeness (QED) is 0.516. The van der Waals surface area contributed by atoms with Crippen molar-refractivity contribution < 1.29 is 9.59 Å². The van der Waals surface area contributed by atoms with Gasteiger partial charge in [0, 0.05) is 47.3 Å². The Kier molecular flexibility index (Phi) is 6.11. The summed E-state index contributed by atoms with van der Waals surface area (Å²) < 4.78 is 0. The molecule has 3 aromatic carbocycles. The Morgan fingerprint density at radius 2 is 1.73 bits per heavy atom. The molecule has 2 heterocycles. The molecule has 166 valence electrons. The van der Waals surface area contributed by atoms with Crippen molar-refractivity contribution in [1.29, 1.82) is 0 Å². The number of hydrogen-bond acceptors (Lipinski definition) is 4. The van der Waals surface area contributed by atoms with Crippen LogP contribution < -0.4 is 10.2 Å². The molecule has 2 amide bonds. The number of fused-ring (bicyclic) bond motifs is 1. The molecule has 0 saturated carbocycles. The maximum atomic E-state index is 13.1. The molecule has 33 heavy (non-hydrogen) atoms. The first-order valence-corrected chi connectivity index (χ1v) is 12.0. The molecule has 3 aromatic rings. The summed E-state index contributed by atoms with van der Waals surface area (Å²) >= 11 is 7.54. The lowest BCUT2D eigenvalue weighted by molar-refractivity contribution is -0.112. The number of carbonyl (C=O) groups excluding carboxylic acids is 2. The fourth-order valence-electron chi connectivity index (χ4n) is 4.02. The topological polar surface area (TPSA) is 52.7 Å². The van der Waals surface area contributed by atoms with Crippen LogP contribution in [0.1, 0.15) is 15.9 Å². The third kappa shape index (κ3) is 4.77. The molecule has 2 aliphatic heterocycles. The van der Waals surface area contributed by atoms with E-state index in [2.05, 4.69) is 10.2 Å². The number of carbonyl (C=O) groups is 2. The SMILES string of the molecule is O=C1Nc2cc(C(=O)N3CCN(c4cccc(Cl)c4)CC3)ccc2SC1=Cc1ccccc1. The van der Waals surface area contributed by atoms with Crippen molar-refractivity contribution in [2.24, 2.45) is 0 Å². The number of hydrogen-bond donors (Lipinski definition) is 1. The predicted molar refractivity (Wildman–Crippen MR) is 135 cm³/mol. The number of halogens is 1. The van der Waals surface area contributed by atoms with Crippen molar-refractivity contribution in [3.05, 3.63) is 93.9 Å². The van der Waals surface area contributed by atoms with Gasteiger partial charge in [0.15, 0.2) is 0 Å². The third-order valence-electron chi connectivity index (χ3n) is 5.76. The van der Waals surface area contributed by atoms with Gasteiger partial charge in [0.1, 0.15) is 0 Å². The van der Waals surface area contributed by atoms with Crippen LogP contribution in [0.15, 0.2) is 82.6 Å². The number of rotatable bonds is 3. The van der Waals surface area contributed by atoms with Gasteiger partial charge in [-0.15, -0.1) is 0 Å². The first kappa shape index (κ1) is 21.6. The van der Waals surface area contributed by atoms with Crippen LogP contribution in [0.2, 0.25) is 5.02 Å². The van der Waals surface area contributed by atoms with Crippen LogP contribution >= 0.6 is 23.4 Å². The average molecular weight is 476 g/mol. The van der Waals surface area contributed by atoms with E-state index in [0.717, 1.165) is 29.2 Å². The molecule has 0 spiro atoms. The zero-order chi connectivity index (χ0) is 22.8. The molecule has 7 heteroatoms. The lowest BCUT2D eigenvalue weighted by Gasteiger charge is -2.36. The van der Waals surface area contributed by atoms with Crippen molar-refractivity contribution in [3.8, 4) is 0 Å². The van der Waals surface area contributed by atoms with Gasteiger partial charge < -0.3 is 15.1 Å². The number of benzene rings is 3. The minimum Gasteiger partial charge on any atom is -0.368 e. The van der Waals surface area contributed by atoms with E-state index in [1.165, 1.54) is 11.8 Å². The molecule has 5 rings (SSSR count). The minimum atomic E-state index is -0.156. The highest BCUT2D eigenvalue weighted by molar-refractivity contribution is 8.04. The van der Waals surface area contributed by atoms with E-state index >= 15 is 0 Å². The summed E-state index contributed by atoms with van der Waals surface area (Å²) in [6, 6.07) is 23.1. The van der Waals surface area contributed by atoms with Gasteiger partial charge in [-0.25, -0.2) is 0 Å². The van der Waals surface area contributed by atoms with Gasteiger partial charge in [0.05, 0.1) is 10.6 Å². The Balaban J connectivity index is 1.27. The van der Waals surface area contributed by atoms with E-state index < -0.39 is 0 Å². The van der Waals surface area contributed by atoms with Gasteiger partial charge in [-0.1, -0.05) is 59.8 Å². The number of amides is 2. The van der Waals surface area contributed by atoms with Crippen molar-refractivity contribution in [2.45, 2.75) is 4.90 Å². The van der Waals surface area contributed by atoms with E-state index in [0.29, 0.717) is 34.3 Å². The lowest BCUT2D eigenvalue weighted by Crippen LogP contribution is -2.48. The van der Waals surface area contributed by atoms with Crippen molar-refractivity contribution in [1.82, 2.24) is 4.90 Å². The summed E-state index contributed by atoms with van der Waals surface area (Å²) in [5.74, 6) is -0.176. The number of anilines is 2. The predicted octanol–water partition coefficient (Wildman–Crippen LogP) is 5.39. The first-order valence-electron chi connectivity index (χ1n) is 10.8. The summed E-state index contributed by atoms with van der Waals surface area (Å²) in [5.41, 5.74) is 3.31. The Bertz CT molecular complexity index is 1240. The Morgan fingerprint density at radius 1 is 0.939 bits per heavy atom. The molecule has 0 radical (unpaired) electrons. The minimum absolute atomic E-state index is 0.0200. The van der Waals surface area contributed by atoms with E-state index in [-0.39, 0.29) is 11.8 Å². The van der Waals surface area contributed by atoms with Gasteiger partial charge in [0.2, 0.25) is 0 Å². The second-order valence-corrected chi connectivity index (χ2v) is 9.47. The van der Waals surface area contributed by atoms with E-state index in [9.17, 15) is 9.59 Å². The van der Waals surface area contributed by atoms with Gasteiger partial charge >= 0.3 is 0 Å². The van der Waals surface area contributed by atoms with Crippen LogP contribution in [0.4, 0.5) is 11.4 Å². The smallest absolute Gasteiger partial charge is 0.262 e. The maximum absolute atomic E-state index is 13.1. The van der Waals surface area contributed by atoms with Crippen molar-refractivity contribution in [3.63, 3.8) is 0 Å². The van der Waals surface area contributed by atoms with Gasteiger partial charge in [0.25, 0.3) is 11.8 Å². The van der Waals surface area contributed by atoms with Crippen LogP contribution in [0, 0.1) is 0 Å². The Morgan fingerprint density at radius 3 is 2.48 bits per heavy atom. The molecular weight excluding hydrogens is 454 g/mol. The molecule has 0 unspecified atom stereocenters. The number of nitrogens with one attached hydrogen (secondary N) is 1. The lowest BCUT2D eigenvalue weighted by atomic mass is 10.1. The average Bonchev–Trinajstić information content (AvgIpc) is 2.84. The molecule has 0 atom stereocenters. The van der Waals surface area contributed by atoms with E-state index in [4.69, 9.17) is 11.6 Å². The molecule has 2 aliphatic rings. The molecule has 1 saturated heterocycles. The summed E-state index contributed by atoms with van der Waals surface area (Å²) in [7, 11) is 0. The molecular formula is C26H22ClN3O2S. The van der Waals surface area contributed by atoms with Gasteiger partial charge in [-0.3, -0.25) is 9.59 Å². The fourth-order valence-corrected chi connectivity index (χ4v) is 5.13. The van der Waals surface area contributed by atoms with Crippen LogP contribution in [0.3, 0.4) is 0 Å². The molecule has 0 aliphatic carbocycles. The zero-order valence-electron chi connectivity index (χ0n) is 17.8. The standard InChI is InChI=1S/C26H22ClN3O2S/c27-20-7-4-8-21(17-20)29-11-13-30(14-12-29)26(32)19-9-10-23-22(16-19)28-25(31)24(33-23)15-18-5-2-1-3-6-18/h1-10,15-17H,11-14H2,(H,28,31). The van der Waals surface area contributed by atoms with Crippen LogP contribution in [-0.4, -0.2) is 42.9 Å². The highest BCUT2D eigenvalue weighted by Gasteiger charge is 2.26.